The molecule has 7 heteroatoms. The number of rotatable bonds is 6. The second-order valence-corrected chi connectivity index (χ2v) is 5.73. The van der Waals surface area contributed by atoms with Crippen molar-refractivity contribution >= 4 is 23.8 Å². The zero-order valence-electron chi connectivity index (χ0n) is 13.6. The van der Waals surface area contributed by atoms with Gasteiger partial charge in [0, 0.05) is 0 Å². The summed E-state index contributed by atoms with van der Waals surface area (Å²) in [4.78, 5) is 49.0. The molecule has 1 heterocycles. The Bertz CT molecular complexity index is 842. The molecule has 0 spiro atoms. The number of imide groups is 1. The summed E-state index contributed by atoms with van der Waals surface area (Å²) in [6.45, 7) is -0.0197. The van der Waals surface area contributed by atoms with Gasteiger partial charge in [-0.15, -0.1) is 0 Å². The van der Waals surface area contributed by atoms with Gasteiger partial charge in [0.1, 0.15) is 12.6 Å². The third-order valence-corrected chi connectivity index (χ3v) is 4.02. The molecule has 1 N–H and O–H groups in total. The van der Waals surface area contributed by atoms with Crippen LogP contribution in [0.25, 0.3) is 0 Å². The molecule has 1 atom stereocenters. The van der Waals surface area contributed by atoms with Gasteiger partial charge < -0.3 is 9.84 Å². The lowest BCUT2D eigenvalue weighted by molar-refractivity contribution is -0.152. The Kier molecular flexibility index (Phi) is 4.79. The van der Waals surface area contributed by atoms with Gasteiger partial charge in [-0.2, -0.15) is 0 Å². The van der Waals surface area contributed by atoms with Crippen molar-refractivity contribution in [2.75, 3.05) is 0 Å². The van der Waals surface area contributed by atoms with E-state index in [2.05, 4.69) is 0 Å². The van der Waals surface area contributed by atoms with Gasteiger partial charge in [-0.3, -0.25) is 19.3 Å². The summed E-state index contributed by atoms with van der Waals surface area (Å²) in [5.74, 6) is -3.71. The predicted molar refractivity (Wildman–Crippen MR) is 89.2 cm³/mol. The fourth-order valence-corrected chi connectivity index (χ4v) is 2.73. The van der Waals surface area contributed by atoms with Gasteiger partial charge in [-0.1, -0.05) is 42.5 Å². The van der Waals surface area contributed by atoms with Gasteiger partial charge in [0.25, 0.3) is 11.8 Å². The summed E-state index contributed by atoms with van der Waals surface area (Å²) in [5, 5.41) is 9.43. The summed E-state index contributed by atoms with van der Waals surface area (Å²) in [6, 6.07) is 13.3. The molecule has 2 amide bonds. The van der Waals surface area contributed by atoms with Crippen LogP contribution in [-0.2, 0) is 20.9 Å². The SMILES string of the molecule is O=C(C[C@H](C(=O)O)N1C(=O)c2ccccc2C1=O)OCc1ccccc1. The number of carbonyl (C=O) groups excluding carboxylic acids is 3. The first-order valence-corrected chi connectivity index (χ1v) is 7.88. The molecule has 3 rings (SSSR count). The monoisotopic (exact) mass is 353 g/mol. The van der Waals surface area contributed by atoms with Gasteiger partial charge in [0.15, 0.2) is 0 Å². The molecule has 1 aliphatic heterocycles. The van der Waals surface area contributed by atoms with E-state index in [1.54, 1.807) is 36.4 Å². The van der Waals surface area contributed by atoms with Crippen molar-refractivity contribution in [1.82, 2.24) is 4.90 Å². The summed E-state index contributed by atoms with van der Waals surface area (Å²) < 4.78 is 5.06. The molecule has 0 radical (unpaired) electrons. The molecule has 0 fully saturated rings. The molecule has 132 valence electrons. The average Bonchev–Trinajstić information content (AvgIpc) is 2.90. The van der Waals surface area contributed by atoms with E-state index in [1.165, 1.54) is 12.1 Å². The van der Waals surface area contributed by atoms with Gasteiger partial charge in [-0.05, 0) is 17.7 Å². The summed E-state index contributed by atoms with van der Waals surface area (Å²) in [7, 11) is 0. The van der Waals surface area contributed by atoms with Gasteiger partial charge in [0.05, 0.1) is 17.5 Å². The zero-order valence-corrected chi connectivity index (χ0v) is 13.6. The van der Waals surface area contributed by atoms with E-state index in [9.17, 15) is 24.3 Å². The van der Waals surface area contributed by atoms with Crippen LogP contribution in [0.3, 0.4) is 0 Å². The third-order valence-electron chi connectivity index (χ3n) is 4.02. The normalized spacial score (nSPS) is 14.1. The smallest absolute Gasteiger partial charge is 0.327 e. The van der Waals surface area contributed by atoms with E-state index >= 15 is 0 Å². The number of aliphatic carboxylic acids is 1. The fraction of sp³-hybridized carbons (Fsp3) is 0.158. The van der Waals surface area contributed by atoms with Crippen molar-refractivity contribution in [1.29, 1.82) is 0 Å². The molecule has 0 saturated carbocycles. The van der Waals surface area contributed by atoms with Crippen molar-refractivity contribution in [3.05, 3.63) is 71.3 Å². The Morgan fingerprint density at radius 2 is 1.46 bits per heavy atom. The minimum atomic E-state index is -1.62. The van der Waals surface area contributed by atoms with E-state index in [-0.39, 0.29) is 17.7 Å². The number of hydrogen-bond acceptors (Lipinski definition) is 5. The zero-order chi connectivity index (χ0) is 18.7. The van der Waals surface area contributed by atoms with Crippen molar-refractivity contribution in [2.24, 2.45) is 0 Å². The number of hydrogen-bond donors (Lipinski definition) is 1. The fourth-order valence-electron chi connectivity index (χ4n) is 2.73. The van der Waals surface area contributed by atoms with Crippen LogP contribution in [0.5, 0.6) is 0 Å². The first kappa shape index (κ1) is 17.3. The number of esters is 1. The number of amides is 2. The number of carbonyl (C=O) groups is 4. The van der Waals surface area contributed by atoms with E-state index in [0.717, 1.165) is 5.56 Å². The van der Waals surface area contributed by atoms with Gasteiger partial charge in [0.2, 0.25) is 0 Å². The number of benzene rings is 2. The highest BCUT2D eigenvalue weighted by Gasteiger charge is 2.43. The number of carboxylic acid groups (broad SMARTS) is 1. The minimum absolute atomic E-state index is 0.0197. The molecule has 1 aliphatic rings. The molecule has 0 unspecified atom stereocenters. The minimum Gasteiger partial charge on any atom is -0.480 e. The molecule has 7 nitrogen and oxygen atoms in total. The van der Waals surface area contributed by atoms with Crippen LogP contribution in [0, 0.1) is 0 Å². The van der Waals surface area contributed by atoms with Crippen molar-refractivity contribution < 1.29 is 29.0 Å². The highest BCUT2D eigenvalue weighted by atomic mass is 16.5. The first-order chi connectivity index (χ1) is 12.5. The Labute approximate surface area is 148 Å². The number of nitrogens with zero attached hydrogens (tertiary/aromatic N) is 1. The molecule has 0 aromatic heterocycles. The molecule has 0 aliphatic carbocycles. The van der Waals surface area contributed by atoms with Crippen molar-refractivity contribution in [3.63, 3.8) is 0 Å². The Hall–Kier alpha value is -3.48. The van der Waals surface area contributed by atoms with Crippen LogP contribution in [0.15, 0.2) is 54.6 Å². The molecular weight excluding hydrogens is 338 g/mol. The second-order valence-electron chi connectivity index (χ2n) is 5.73. The van der Waals surface area contributed by atoms with Crippen LogP contribution >= 0.6 is 0 Å². The summed E-state index contributed by atoms with van der Waals surface area (Å²) in [6.07, 6.45) is -0.617. The van der Waals surface area contributed by atoms with E-state index in [0.29, 0.717) is 4.90 Å². The Morgan fingerprint density at radius 3 is 2.00 bits per heavy atom. The third kappa shape index (κ3) is 3.32. The van der Waals surface area contributed by atoms with Crippen LogP contribution in [0.4, 0.5) is 0 Å². The van der Waals surface area contributed by atoms with E-state index < -0.39 is 36.2 Å². The lowest BCUT2D eigenvalue weighted by Crippen LogP contribution is -2.46. The van der Waals surface area contributed by atoms with E-state index in [1.807, 2.05) is 6.07 Å². The number of fused-ring (bicyclic) bond motifs is 1. The molecule has 2 aromatic carbocycles. The standard InChI is InChI=1S/C19H15NO6/c21-16(26-11-12-6-2-1-3-7-12)10-15(19(24)25)20-17(22)13-8-4-5-9-14(13)18(20)23/h1-9,15H,10-11H2,(H,24,25)/t15-/m1/s1. The number of carboxylic acids is 1. The molecule has 26 heavy (non-hydrogen) atoms. The maximum atomic E-state index is 12.4. The number of ether oxygens (including phenoxy) is 1. The highest BCUT2D eigenvalue weighted by molar-refractivity contribution is 6.22. The van der Waals surface area contributed by atoms with Crippen molar-refractivity contribution in [2.45, 2.75) is 19.1 Å². The molecule has 0 saturated heterocycles. The average molecular weight is 353 g/mol. The Balaban J connectivity index is 1.72. The van der Waals surface area contributed by atoms with Crippen LogP contribution in [-0.4, -0.2) is 39.8 Å². The maximum Gasteiger partial charge on any atom is 0.327 e. The van der Waals surface area contributed by atoms with Gasteiger partial charge in [-0.25, -0.2) is 4.79 Å². The summed E-state index contributed by atoms with van der Waals surface area (Å²) >= 11 is 0. The highest BCUT2D eigenvalue weighted by Crippen LogP contribution is 2.26. The second kappa shape index (κ2) is 7.18. The Morgan fingerprint density at radius 1 is 0.923 bits per heavy atom. The predicted octanol–water partition coefficient (Wildman–Crippen LogP) is 1.87. The van der Waals surface area contributed by atoms with E-state index in [4.69, 9.17) is 4.74 Å². The topological polar surface area (TPSA) is 101 Å². The molecule has 2 aromatic rings. The van der Waals surface area contributed by atoms with Crippen LogP contribution < -0.4 is 0 Å². The lowest BCUT2D eigenvalue weighted by atomic mass is 10.1. The van der Waals surface area contributed by atoms with Crippen molar-refractivity contribution in [3.8, 4) is 0 Å². The lowest BCUT2D eigenvalue weighted by Gasteiger charge is -2.21. The van der Waals surface area contributed by atoms with Crippen LogP contribution in [0.1, 0.15) is 32.7 Å². The largest absolute Gasteiger partial charge is 0.480 e. The molecule has 0 bridgehead atoms. The quantitative estimate of drug-likeness (QED) is 0.628. The summed E-state index contributed by atoms with van der Waals surface area (Å²) in [5.41, 5.74) is 0.997. The van der Waals surface area contributed by atoms with Crippen LogP contribution in [0.2, 0.25) is 0 Å². The molecular formula is C19H15NO6. The van der Waals surface area contributed by atoms with Gasteiger partial charge >= 0.3 is 11.9 Å². The maximum absolute atomic E-state index is 12.4. The first-order valence-electron chi connectivity index (χ1n) is 7.88.